The van der Waals surface area contributed by atoms with Crippen LogP contribution in [-0.2, 0) is 6.42 Å². The van der Waals surface area contributed by atoms with E-state index in [9.17, 15) is 13.6 Å². The normalized spacial score (nSPS) is 16.7. The highest BCUT2D eigenvalue weighted by Gasteiger charge is 2.29. The highest BCUT2D eigenvalue weighted by Crippen LogP contribution is 2.27. The van der Waals surface area contributed by atoms with Crippen LogP contribution < -0.4 is 4.74 Å². The van der Waals surface area contributed by atoms with Gasteiger partial charge in [-0.05, 0) is 49.2 Å². The molecule has 0 aliphatic carbocycles. The summed E-state index contributed by atoms with van der Waals surface area (Å²) in [6.45, 7) is 9.47. The molecule has 1 fully saturated rings. The molecule has 1 aliphatic rings. The molecule has 0 radical (unpaired) electrons. The van der Waals surface area contributed by atoms with Crippen molar-refractivity contribution < 1.29 is 18.3 Å². The van der Waals surface area contributed by atoms with Crippen LogP contribution in [0.15, 0.2) is 43.0 Å². The molecule has 1 amide bonds. The minimum atomic E-state index is -0.565. The highest BCUT2D eigenvalue weighted by molar-refractivity contribution is 5.94. The highest BCUT2D eigenvalue weighted by atomic mass is 19.1. The molecule has 154 valence electrons. The van der Waals surface area contributed by atoms with Gasteiger partial charge in [0.25, 0.3) is 5.91 Å². The summed E-state index contributed by atoms with van der Waals surface area (Å²) >= 11 is 0. The van der Waals surface area contributed by atoms with E-state index in [1.54, 1.807) is 23.1 Å². The summed E-state index contributed by atoms with van der Waals surface area (Å²) in [4.78, 5) is 16.5. The third-order valence-corrected chi connectivity index (χ3v) is 5.41. The smallest absolute Gasteiger partial charge is 0.254 e. The van der Waals surface area contributed by atoms with E-state index in [2.05, 4.69) is 6.58 Å². The Bertz CT molecular complexity index is 929. The van der Waals surface area contributed by atoms with Gasteiger partial charge in [-0.2, -0.15) is 0 Å². The van der Waals surface area contributed by atoms with Crippen LogP contribution >= 0.6 is 0 Å². The van der Waals surface area contributed by atoms with Gasteiger partial charge in [0.05, 0.1) is 7.11 Å². The van der Waals surface area contributed by atoms with Gasteiger partial charge in [-0.15, -0.1) is 0 Å². The van der Waals surface area contributed by atoms with E-state index >= 15 is 0 Å². The van der Waals surface area contributed by atoms with Crippen molar-refractivity contribution in [2.45, 2.75) is 26.3 Å². The number of hydrogen-bond donors (Lipinski definition) is 0. The molecular weight excluding hydrogens is 374 g/mol. The van der Waals surface area contributed by atoms with Gasteiger partial charge in [0.1, 0.15) is 5.82 Å². The number of carbonyl (C=O) groups excluding carboxylic acids is 1. The molecule has 0 spiro atoms. The fraction of sp³-hybridized carbons (Fsp3) is 0.348. The van der Waals surface area contributed by atoms with Crippen LogP contribution in [-0.4, -0.2) is 48.5 Å². The van der Waals surface area contributed by atoms with Gasteiger partial charge in [0.15, 0.2) is 11.6 Å². The summed E-state index contributed by atoms with van der Waals surface area (Å²) in [5.74, 6) is -0.979. The number of nitrogens with zero attached hydrogens (tertiary/aromatic N) is 2. The molecule has 1 heterocycles. The number of halogens is 2. The number of aryl methyl sites for hydroxylation is 1. The average molecular weight is 400 g/mol. The van der Waals surface area contributed by atoms with Crippen molar-refractivity contribution in [2.75, 3.05) is 26.7 Å². The fourth-order valence-corrected chi connectivity index (χ4v) is 3.69. The monoisotopic (exact) mass is 400 g/mol. The van der Waals surface area contributed by atoms with Gasteiger partial charge < -0.3 is 14.5 Å². The zero-order chi connectivity index (χ0) is 21.1. The summed E-state index contributed by atoms with van der Waals surface area (Å²) in [5, 5.41) is 0. The van der Waals surface area contributed by atoms with E-state index in [4.69, 9.17) is 4.74 Å². The fourth-order valence-electron chi connectivity index (χ4n) is 3.69. The molecule has 6 heteroatoms. The van der Waals surface area contributed by atoms with E-state index in [0.29, 0.717) is 30.9 Å². The number of hydrogen-bond acceptors (Lipinski definition) is 3. The minimum absolute atomic E-state index is 0.0476. The Kier molecular flexibility index (Phi) is 6.20. The summed E-state index contributed by atoms with van der Waals surface area (Å²) < 4.78 is 33.4. The van der Waals surface area contributed by atoms with Gasteiger partial charge in [0.2, 0.25) is 0 Å². The first-order chi connectivity index (χ1) is 13.8. The standard InChI is InChI=1S/C23H26F2N2O2/c1-5-17-6-8-19(20(24)12-17)16(3)27-11-10-26(14-15(27)2)23(28)18-7-9-22(29-4)21(25)13-18/h6-9,12-13,15H,3,5,10-11,14H2,1-2,4H3. The molecule has 1 saturated heterocycles. The summed E-state index contributed by atoms with van der Waals surface area (Å²) in [6, 6.07) is 9.38. The Hall–Kier alpha value is -2.89. The van der Waals surface area contributed by atoms with Crippen molar-refractivity contribution in [1.82, 2.24) is 9.80 Å². The Morgan fingerprint density at radius 3 is 2.52 bits per heavy atom. The molecule has 4 nitrogen and oxygen atoms in total. The van der Waals surface area contributed by atoms with Crippen molar-refractivity contribution in [3.8, 4) is 5.75 Å². The lowest BCUT2D eigenvalue weighted by Gasteiger charge is -2.42. The van der Waals surface area contributed by atoms with Crippen LogP contribution in [0.25, 0.3) is 5.70 Å². The Balaban J connectivity index is 1.71. The molecule has 0 saturated carbocycles. The molecule has 29 heavy (non-hydrogen) atoms. The van der Waals surface area contributed by atoms with Gasteiger partial charge >= 0.3 is 0 Å². The first-order valence-electron chi connectivity index (χ1n) is 9.72. The SMILES string of the molecule is C=C(c1ccc(CC)cc1F)N1CCN(C(=O)c2ccc(OC)c(F)c2)CC1C. The lowest BCUT2D eigenvalue weighted by molar-refractivity contribution is 0.0618. The third-order valence-electron chi connectivity index (χ3n) is 5.41. The van der Waals surface area contributed by atoms with Gasteiger partial charge in [0, 0.05) is 42.5 Å². The number of carbonyl (C=O) groups is 1. The van der Waals surface area contributed by atoms with Crippen molar-refractivity contribution in [1.29, 1.82) is 0 Å². The Morgan fingerprint density at radius 2 is 1.93 bits per heavy atom. The van der Waals surface area contributed by atoms with Crippen LogP contribution in [0.3, 0.4) is 0 Å². The van der Waals surface area contributed by atoms with Crippen LogP contribution in [0.5, 0.6) is 5.75 Å². The van der Waals surface area contributed by atoms with Gasteiger partial charge in [-0.25, -0.2) is 8.78 Å². The van der Waals surface area contributed by atoms with E-state index in [-0.39, 0.29) is 29.1 Å². The molecule has 1 atom stereocenters. The summed E-state index contributed by atoms with van der Waals surface area (Å²) in [7, 11) is 1.38. The third kappa shape index (κ3) is 4.26. The minimum Gasteiger partial charge on any atom is -0.494 e. The van der Waals surface area contributed by atoms with Crippen molar-refractivity contribution in [3.63, 3.8) is 0 Å². The number of benzene rings is 2. The Morgan fingerprint density at radius 1 is 1.17 bits per heavy atom. The second-order valence-electron chi connectivity index (χ2n) is 7.26. The Labute approximate surface area is 170 Å². The molecule has 3 rings (SSSR count). The molecule has 1 aliphatic heterocycles. The van der Waals surface area contributed by atoms with Crippen LogP contribution in [0.1, 0.15) is 35.3 Å². The van der Waals surface area contributed by atoms with Gasteiger partial charge in [-0.3, -0.25) is 4.79 Å². The molecular formula is C23H26F2N2O2. The predicted molar refractivity (Wildman–Crippen MR) is 110 cm³/mol. The first kappa shape index (κ1) is 20.8. The lowest BCUT2D eigenvalue weighted by atomic mass is 10.0. The predicted octanol–water partition coefficient (Wildman–Crippen LogP) is 4.35. The largest absolute Gasteiger partial charge is 0.494 e. The molecule has 0 N–H and O–H groups in total. The quantitative estimate of drug-likeness (QED) is 0.748. The van der Waals surface area contributed by atoms with Gasteiger partial charge in [-0.1, -0.05) is 19.6 Å². The number of ether oxygens (including phenoxy) is 1. The molecule has 0 aromatic heterocycles. The summed E-state index contributed by atoms with van der Waals surface area (Å²) in [6.07, 6.45) is 0.771. The molecule has 2 aromatic rings. The second-order valence-corrected chi connectivity index (χ2v) is 7.26. The maximum Gasteiger partial charge on any atom is 0.254 e. The maximum absolute atomic E-state index is 14.5. The molecule has 1 unspecified atom stereocenters. The van der Waals surface area contributed by atoms with Crippen molar-refractivity contribution >= 4 is 11.6 Å². The van der Waals surface area contributed by atoms with E-state index in [0.717, 1.165) is 12.0 Å². The number of amides is 1. The van der Waals surface area contributed by atoms with E-state index in [1.807, 2.05) is 24.8 Å². The average Bonchev–Trinajstić information content (AvgIpc) is 2.72. The number of piperazine rings is 1. The number of methoxy groups -OCH3 is 1. The topological polar surface area (TPSA) is 32.8 Å². The molecule has 2 aromatic carbocycles. The van der Waals surface area contributed by atoms with Crippen molar-refractivity contribution in [2.24, 2.45) is 0 Å². The maximum atomic E-state index is 14.5. The second kappa shape index (κ2) is 8.64. The number of rotatable bonds is 5. The van der Waals surface area contributed by atoms with Crippen LogP contribution in [0.2, 0.25) is 0 Å². The zero-order valence-corrected chi connectivity index (χ0v) is 17.0. The van der Waals surface area contributed by atoms with Crippen LogP contribution in [0.4, 0.5) is 8.78 Å². The molecule has 0 bridgehead atoms. The first-order valence-corrected chi connectivity index (χ1v) is 9.72. The van der Waals surface area contributed by atoms with E-state index in [1.165, 1.54) is 19.2 Å². The zero-order valence-electron chi connectivity index (χ0n) is 17.0. The van der Waals surface area contributed by atoms with Crippen molar-refractivity contribution in [3.05, 3.63) is 71.3 Å². The summed E-state index contributed by atoms with van der Waals surface area (Å²) in [5.41, 5.74) is 2.31. The lowest BCUT2D eigenvalue weighted by Crippen LogP contribution is -2.52. The van der Waals surface area contributed by atoms with Crippen LogP contribution in [0, 0.1) is 11.6 Å². The van der Waals surface area contributed by atoms with E-state index < -0.39 is 5.82 Å².